The molecule has 0 saturated heterocycles. The number of hydrogen-bond acceptors (Lipinski definition) is 4. The number of ether oxygens (including phenoxy) is 1. The van der Waals surface area contributed by atoms with Crippen LogP contribution in [-0.2, 0) is 18.2 Å². The molecular formula is C11H19N3O2. The molecular weight excluding hydrogens is 206 g/mol. The Hall–Kier alpha value is -1.36. The number of nitrogens with zero attached hydrogens (tertiary/aromatic N) is 2. The molecule has 16 heavy (non-hydrogen) atoms. The van der Waals surface area contributed by atoms with E-state index < -0.39 is 0 Å². The fraction of sp³-hybridized carbons (Fsp3) is 0.636. The number of hydrogen-bond donors (Lipinski definition) is 1. The van der Waals surface area contributed by atoms with Gasteiger partial charge in [0.25, 0.3) is 0 Å². The number of carbonyl (C=O) groups is 1. The first-order valence-corrected chi connectivity index (χ1v) is 5.58. The Morgan fingerprint density at radius 3 is 2.94 bits per heavy atom. The highest BCUT2D eigenvalue weighted by molar-refractivity contribution is 5.88. The van der Waals surface area contributed by atoms with Crippen molar-refractivity contribution >= 4 is 5.97 Å². The Labute approximate surface area is 95.6 Å². The van der Waals surface area contributed by atoms with Crippen molar-refractivity contribution in [2.24, 2.45) is 12.8 Å². The van der Waals surface area contributed by atoms with Crippen LogP contribution in [0.3, 0.4) is 0 Å². The molecule has 0 radical (unpaired) electrons. The molecule has 0 amide bonds. The van der Waals surface area contributed by atoms with Gasteiger partial charge in [-0.25, -0.2) is 4.79 Å². The highest BCUT2D eigenvalue weighted by atomic mass is 16.5. The quantitative estimate of drug-likeness (QED) is 0.576. The van der Waals surface area contributed by atoms with Crippen molar-refractivity contribution in [2.75, 3.05) is 13.2 Å². The lowest BCUT2D eigenvalue weighted by Gasteiger charge is -2.01. The first kappa shape index (κ1) is 12.7. The largest absolute Gasteiger partial charge is 0.461 e. The van der Waals surface area contributed by atoms with E-state index in [-0.39, 0.29) is 5.97 Å². The van der Waals surface area contributed by atoms with Crippen molar-refractivity contribution in [1.82, 2.24) is 9.78 Å². The molecule has 2 N–H and O–H groups in total. The third-order valence-electron chi connectivity index (χ3n) is 2.27. The van der Waals surface area contributed by atoms with Gasteiger partial charge in [0.2, 0.25) is 0 Å². The lowest BCUT2D eigenvalue weighted by molar-refractivity contribution is 0.0517. The van der Waals surface area contributed by atoms with E-state index in [1.54, 1.807) is 18.7 Å². The zero-order chi connectivity index (χ0) is 12.0. The van der Waals surface area contributed by atoms with Gasteiger partial charge in [-0.15, -0.1) is 0 Å². The van der Waals surface area contributed by atoms with Gasteiger partial charge < -0.3 is 10.5 Å². The molecule has 0 saturated carbocycles. The van der Waals surface area contributed by atoms with Crippen LogP contribution in [0.5, 0.6) is 0 Å². The smallest absolute Gasteiger partial charge is 0.359 e. The van der Waals surface area contributed by atoms with Gasteiger partial charge in [-0.05, 0) is 32.7 Å². The van der Waals surface area contributed by atoms with Gasteiger partial charge in [0.1, 0.15) is 0 Å². The van der Waals surface area contributed by atoms with Crippen LogP contribution in [0, 0.1) is 0 Å². The Morgan fingerprint density at radius 2 is 2.31 bits per heavy atom. The van der Waals surface area contributed by atoms with E-state index in [9.17, 15) is 4.79 Å². The lowest BCUT2D eigenvalue weighted by Crippen LogP contribution is -2.09. The normalized spacial score (nSPS) is 10.4. The highest BCUT2D eigenvalue weighted by Crippen LogP contribution is 2.11. The summed E-state index contributed by atoms with van der Waals surface area (Å²) in [7, 11) is 1.80. The third kappa shape index (κ3) is 3.34. The van der Waals surface area contributed by atoms with Crippen LogP contribution >= 0.6 is 0 Å². The highest BCUT2D eigenvalue weighted by Gasteiger charge is 2.16. The Bertz CT molecular complexity index is 347. The second-order valence-electron chi connectivity index (χ2n) is 3.64. The minimum absolute atomic E-state index is 0.342. The predicted molar refractivity (Wildman–Crippen MR) is 61.2 cm³/mol. The number of nitrogens with two attached hydrogens (primary N) is 1. The molecule has 0 atom stereocenters. The van der Waals surface area contributed by atoms with Crippen molar-refractivity contribution in [3.8, 4) is 0 Å². The van der Waals surface area contributed by atoms with Gasteiger partial charge in [-0.1, -0.05) is 0 Å². The summed E-state index contributed by atoms with van der Waals surface area (Å²) in [6.45, 7) is 2.83. The molecule has 5 heteroatoms. The molecule has 5 nitrogen and oxygen atoms in total. The van der Waals surface area contributed by atoms with Gasteiger partial charge in [-0.3, -0.25) is 4.68 Å². The summed E-state index contributed by atoms with van der Waals surface area (Å²) in [5.74, 6) is -0.342. The van der Waals surface area contributed by atoms with E-state index in [2.05, 4.69) is 5.10 Å². The summed E-state index contributed by atoms with van der Waals surface area (Å²) in [6.07, 6.45) is 4.60. The molecule has 1 aromatic rings. The molecule has 0 unspecified atom stereocenters. The molecule has 0 fully saturated rings. The van der Waals surface area contributed by atoms with Crippen LogP contribution in [-0.4, -0.2) is 28.9 Å². The van der Waals surface area contributed by atoms with E-state index in [4.69, 9.17) is 10.5 Å². The number of aryl methyl sites for hydroxylation is 2. The van der Waals surface area contributed by atoms with Crippen molar-refractivity contribution in [1.29, 1.82) is 0 Å². The van der Waals surface area contributed by atoms with Gasteiger partial charge in [0.05, 0.1) is 6.61 Å². The predicted octanol–water partition coefficient (Wildman–Crippen LogP) is 0.878. The van der Waals surface area contributed by atoms with Gasteiger partial charge in [-0.2, -0.15) is 5.10 Å². The van der Waals surface area contributed by atoms with Crippen molar-refractivity contribution in [2.45, 2.75) is 26.2 Å². The van der Waals surface area contributed by atoms with Crippen LogP contribution in [0.25, 0.3) is 0 Å². The van der Waals surface area contributed by atoms with Crippen LogP contribution in [0.1, 0.15) is 35.8 Å². The van der Waals surface area contributed by atoms with Gasteiger partial charge in [0, 0.05) is 18.8 Å². The fourth-order valence-corrected chi connectivity index (χ4v) is 1.55. The lowest BCUT2D eigenvalue weighted by atomic mass is 10.1. The Kier molecular flexibility index (Phi) is 4.98. The maximum absolute atomic E-state index is 11.6. The number of rotatable bonds is 6. The van der Waals surface area contributed by atoms with Crippen molar-refractivity contribution in [3.63, 3.8) is 0 Å². The molecule has 1 rings (SSSR count). The summed E-state index contributed by atoms with van der Waals surface area (Å²) >= 11 is 0. The number of carbonyl (C=O) groups excluding carboxylic acids is 1. The molecule has 1 aromatic heterocycles. The molecule has 0 aromatic carbocycles. The molecule has 0 bridgehead atoms. The summed E-state index contributed by atoms with van der Waals surface area (Å²) < 4.78 is 6.59. The van der Waals surface area contributed by atoms with Crippen molar-refractivity contribution in [3.05, 3.63) is 17.5 Å². The number of aromatic nitrogens is 2. The molecule has 0 aliphatic carbocycles. The van der Waals surface area contributed by atoms with E-state index in [0.717, 1.165) is 24.8 Å². The first-order valence-electron chi connectivity index (χ1n) is 5.58. The molecule has 0 aliphatic heterocycles. The number of unbranched alkanes of at least 4 members (excludes halogenated alkanes) is 1. The van der Waals surface area contributed by atoms with Crippen LogP contribution in [0.15, 0.2) is 6.20 Å². The minimum Gasteiger partial charge on any atom is -0.461 e. The average Bonchev–Trinajstić information content (AvgIpc) is 2.61. The summed E-state index contributed by atoms with van der Waals surface area (Å²) in [6, 6.07) is 0. The zero-order valence-electron chi connectivity index (χ0n) is 9.90. The topological polar surface area (TPSA) is 70.1 Å². The second-order valence-corrected chi connectivity index (χ2v) is 3.64. The maximum Gasteiger partial charge on any atom is 0.359 e. The van der Waals surface area contributed by atoms with E-state index in [0.29, 0.717) is 18.8 Å². The van der Waals surface area contributed by atoms with Crippen LogP contribution in [0.4, 0.5) is 0 Å². The first-order chi connectivity index (χ1) is 7.69. The second kappa shape index (κ2) is 6.27. The molecule has 90 valence electrons. The standard InChI is InChI=1S/C11H19N3O2/c1-3-16-11(15)10-9(6-4-5-7-12)8-14(2)13-10/h8H,3-7,12H2,1-2H3. The van der Waals surface area contributed by atoms with Gasteiger partial charge in [0.15, 0.2) is 5.69 Å². The average molecular weight is 225 g/mol. The van der Waals surface area contributed by atoms with Crippen LogP contribution < -0.4 is 5.73 Å². The number of esters is 1. The van der Waals surface area contributed by atoms with Crippen molar-refractivity contribution < 1.29 is 9.53 Å². The van der Waals surface area contributed by atoms with E-state index >= 15 is 0 Å². The Morgan fingerprint density at radius 1 is 1.56 bits per heavy atom. The monoisotopic (exact) mass is 225 g/mol. The molecule has 0 aliphatic rings. The Balaban J connectivity index is 2.70. The summed E-state index contributed by atoms with van der Waals surface area (Å²) in [5, 5.41) is 4.12. The maximum atomic E-state index is 11.6. The summed E-state index contributed by atoms with van der Waals surface area (Å²) in [5.41, 5.74) is 6.80. The van der Waals surface area contributed by atoms with E-state index in [1.165, 1.54) is 0 Å². The van der Waals surface area contributed by atoms with Gasteiger partial charge >= 0.3 is 5.97 Å². The molecule has 1 heterocycles. The fourth-order valence-electron chi connectivity index (χ4n) is 1.55. The molecule has 0 spiro atoms. The SMILES string of the molecule is CCOC(=O)c1nn(C)cc1CCCCN. The summed E-state index contributed by atoms with van der Waals surface area (Å²) in [4.78, 5) is 11.6. The minimum atomic E-state index is -0.342. The van der Waals surface area contributed by atoms with E-state index in [1.807, 2.05) is 6.20 Å². The van der Waals surface area contributed by atoms with Crippen LogP contribution in [0.2, 0.25) is 0 Å². The zero-order valence-corrected chi connectivity index (χ0v) is 9.90. The third-order valence-corrected chi connectivity index (χ3v) is 2.27.